The van der Waals surface area contributed by atoms with Gasteiger partial charge in [0.25, 0.3) is 0 Å². The second-order valence-corrected chi connectivity index (χ2v) is 11.6. The standard InChI is InChI=1S/C42H26N4/c1-3-11-36-34(9-1)35-10-2-4-12-38(35)42-40(36)37-17-20-45-26-39(37)41(46-42)28-15-13-27(14-16-28)31-21-32(29-7-5-18-43-24-29)23-33(22-31)30-8-6-19-44-25-30/h1-26H. The van der Waals surface area contributed by atoms with Crippen LogP contribution in [0.2, 0.25) is 0 Å². The normalized spacial score (nSPS) is 11.5. The van der Waals surface area contributed by atoms with Crippen LogP contribution in [0.5, 0.6) is 0 Å². The van der Waals surface area contributed by atoms with Crippen molar-refractivity contribution in [2.24, 2.45) is 0 Å². The molecule has 0 spiro atoms. The van der Waals surface area contributed by atoms with E-state index in [0.717, 1.165) is 66.3 Å². The van der Waals surface area contributed by atoms with Gasteiger partial charge < -0.3 is 0 Å². The molecular weight excluding hydrogens is 560 g/mol. The van der Waals surface area contributed by atoms with E-state index in [4.69, 9.17) is 4.98 Å². The van der Waals surface area contributed by atoms with Crippen LogP contribution < -0.4 is 0 Å². The average Bonchev–Trinajstić information content (AvgIpc) is 3.15. The molecule has 0 saturated carbocycles. The van der Waals surface area contributed by atoms with E-state index in [2.05, 4.69) is 124 Å². The zero-order valence-electron chi connectivity index (χ0n) is 24.8. The van der Waals surface area contributed by atoms with E-state index in [1.807, 2.05) is 36.9 Å². The summed E-state index contributed by atoms with van der Waals surface area (Å²) in [6, 6.07) is 42.9. The van der Waals surface area contributed by atoms with Gasteiger partial charge in [0.05, 0.1) is 11.2 Å². The summed E-state index contributed by atoms with van der Waals surface area (Å²) in [6.07, 6.45) is 11.3. The zero-order chi connectivity index (χ0) is 30.5. The van der Waals surface area contributed by atoms with Gasteiger partial charge in [-0.25, -0.2) is 4.98 Å². The predicted octanol–water partition coefficient (Wildman–Crippen LogP) is 10.5. The summed E-state index contributed by atoms with van der Waals surface area (Å²) < 4.78 is 0. The molecule has 0 aliphatic rings. The molecule has 0 atom stereocenters. The zero-order valence-corrected chi connectivity index (χ0v) is 24.8. The van der Waals surface area contributed by atoms with Gasteiger partial charge in [0.2, 0.25) is 0 Å². The molecule has 9 aromatic rings. The number of hydrogen-bond donors (Lipinski definition) is 0. The second kappa shape index (κ2) is 10.7. The van der Waals surface area contributed by atoms with E-state index in [0.29, 0.717) is 0 Å². The van der Waals surface area contributed by atoms with Gasteiger partial charge in [-0.3, -0.25) is 15.0 Å². The highest BCUT2D eigenvalue weighted by molar-refractivity contribution is 6.31. The van der Waals surface area contributed by atoms with E-state index < -0.39 is 0 Å². The summed E-state index contributed by atoms with van der Waals surface area (Å²) in [7, 11) is 0. The fourth-order valence-electron chi connectivity index (χ4n) is 6.72. The summed E-state index contributed by atoms with van der Waals surface area (Å²) in [5.74, 6) is 0. The average molecular weight is 587 g/mol. The lowest BCUT2D eigenvalue weighted by atomic mass is 9.92. The van der Waals surface area contributed by atoms with Crippen molar-refractivity contribution in [3.05, 3.63) is 159 Å². The number of rotatable bonds is 4. The molecule has 0 saturated heterocycles. The van der Waals surface area contributed by atoms with Crippen molar-refractivity contribution in [2.75, 3.05) is 0 Å². The molecule has 0 aliphatic carbocycles. The lowest BCUT2D eigenvalue weighted by Gasteiger charge is -2.15. The van der Waals surface area contributed by atoms with Crippen LogP contribution in [0.15, 0.2) is 159 Å². The highest BCUT2D eigenvalue weighted by atomic mass is 14.7. The first kappa shape index (κ1) is 26.2. The third-order valence-corrected chi connectivity index (χ3v) is 8.89. The molecule has 4 heteroatoms. The molecule has 0 bridgehead atoms. The largest absolute Gasteiger partial charge is 0.264 e. The van der Waals surface area contributed by atoms with Crippen LogP contribution in [0.4, 0.5) is 0 Å². The molecule has 0 amide bonds. The van der Waals surface area contributed by atoms with Gasteiger partial charge in [0.1, 0.15) is 0 Å². The first-order valence-corrected chi connectivity index (χ1v) is 15.4. The van der Waals surface area contributed by atoms with Gasteiger partial charge >= 0.3 is 0 Å². The lowest BCUT2D eigenvalue weighted by molar-refractivity contribution is 1.32. The molecule has 4 heterocycles. The third kappa shape index (κ3) is 4.31. The minimum Gasteiger partial charge on any atom is -0.264 e. The maximum atomic E-state index is 5.41. The summed E-state index contributed by atoms with van der Waals surface area (Å²) in [5.41, 5.74) is 9.62. The fraction of sp³-hybridized carbons (Fsp3) is 0. The molecule has 9 rings (SSSR count). The summed E-state index contributed by atoms with van der Waals surface area (Å²) in [6.45, 7) is 0. The molecule has 214 valence electrons. The van der Waals surface area contributed by atoms with Crippen molar-refractivity contribution in [1.29, 1.82) is 0 Å². The molecular formula is C42H26N4. The Balaban J connectivity index is 1.23. The highest BCUT2D eigenvalue weighted by Gasteiger charge is 2.17. The molecule has 0 N–H and O–H groups in total. The van der Waals surface area contributed by atoms with Crippen molar-refractivity contribution < 1.29 is 0 Å². The van der Waals surface area contributed by atoms with Gasteiger partial charge in [-0.1, -0.05) is 84.9 Å². The topological polar surface area (TPSA) is 51.6 Å². The second-order valence-electron chi connectivity index (χ2n) is 11.6. The van der Waals surface area contributed by atoms with Crippen molar-refractivity contribution in [3.8, 4) is 44.6 Å². The molecule has 46 heavy (non-hydrogen) atoms. The number of benzene rings is 5. The van der Waals surface area contributed by atoms with Crippen LogP contribution in [-0.4, -0.2) is 19.9 Å². The number of fused-ring (bicyclic) bond motifs is 8. The van der Waals surface area contributed by atoms with Crippen molar-refractivity contribution in [2.45, 2.75) is 0 Å². The monoisotopic (exact) mass is 586 g/mol. The Kier molecular flexibility index (Phi) is 6.10. The van der Waals surface area contributed by atoms with E-state index in [9.17, 15) is 0 Å². The van der Waals surface area contributed by atoms with Crippen molar-refractivity contribution >= 4 is 43.2 Å². The van der Waals surface area contributed by atoms with Gasteiger partial charge in [0.15, 0.2) is 0 Å². The number of pyridine rings is 4. The Morgan fingerprint density at radius 2 is 0.848 bits per heavy atom. The Bertz CT molecular complexity index is 2500. The lowest BCUT2D eigenvalue weighted by Crippen LogP contribution is -1.93. The van der Waals surface area contributed by atoms with Crippen LogP contribution in [-0.2, 0) is 0 Å². The molecule has 4 aromatic heterocycles. The van der Waals surface area contributed by atoms with Crippen molar-refractivity contribution in [1.82, 2.24) is 19.9 Å². The number of aromatic nitrogens is 4. The van der Waals surface area contributed by atoms with Crippen molar-refractivity contribution in [3.63, 3.8) is 0 Å². The number of hydrogen-bond acceptors (Lipinski definition) is 4. The van der Waals surface area contributed by atoms with Crippen LogP contribution in [0, 0.1) is 0 Å². The Labute approximate surface area is 265 Å². The summed E-state index contributed by atoms with van der Waals surface area (Å²) in [4.78, 5) is 18.7. The minimum atomic E-state index is 0.933. The third-order valence-electron chi connectivity index (χ3n) is 8.89. The number of nitrogens with zero attached hydrogens (tertiary/aromatic N) is 4. The van der Waals surface area contributed by atoms with Crippen LogP contribution >= 0.6 is 0 Å². The highest BCUT2D eigenvalue weighted by Crippen LogP contribution is 2.41. The fourth-order valence-corrected chi connectivity index (χ4v) is 6.72. The SMILES string of the molecule is c1cncc(-c2cc(-c3ccc(-c4nc5c6ccccc6c6ccccc6c5c5ccncc45)cc3)cc(-c3cccnc3)c2)c1. The van der Waals surface area contributed by atoms with Crippen LogP contribution in [0.3, 0.4) is 0 Å². The maximum Gasteiger partial charge on any atom is 0.0803 e. The molecule has 0 aliphatic heterocycles. The van der Waals surface area contributed by atoms with E-state index in [1.54, 1.807) is 12.4 Å². The smallest absolute Gasteiger partial charge is 0.0803 e. The first-order chi connectivity index (χ1) is 22.8. The van der Waals surface area contributed by atoms with E-state index in [1.165, 1.54) is 21.5 Å². The molecule has 4 nitrogen and oxygen atoms in total. The van der Waals surface area contributed by atoms with Crippen LogP contribution in [0.25, 0.3) is 87.9 Å². The molecule has 0 radical (unpaired) electrons. The molecule has 0 unspecified atom stereocenters. The molecule has 0 fully saturated rings. The van der Waals surface area contributed by atoms with E-state index >= 15 is 0 Å². The Morgan fingerprint density at radius 1 is 0.326 bits per heavy atom. The van der Waals surface area contributed by atoms with Gasteiger partial charge in [-0.15, -0.1) is 0 Å². The first-order valence-electron chi connectivity index (χ1n) is 15.4. The van der Waals surface area contributed by atoms with Gasteiger partial charge in [-0.05, 0) is 80.2 Å². The maximum absolute atomic E-state index is 5.41. The minimum absolute atomic E-state index is 0.933. The van der Waals surface area contributed by atoms with Gasteiger partial charge in [0, 0.05) is 70.0 Å². The van der Waals surface area contributed by atoms with E-state index in [-0.39, 0.29) is 0 Å². The summed E-state index contributed by atoms with van der Waals surface area (Å²) in [5, 5.41) is 8.18. The Hall–Kier alpha value is -6.26. The van der Waals surface area contributed by atoms with Gasteiger partial charge in [-0.2, -0.15) is 0 Å². The predicted molar refractivity (Wildman–Crippen MR) is 189 cm³/mol. The van der Waals surface area contributed by atoms with Crippen LogP contribution in [0.1, 0.15) is 0 Å². The summed E-state index contributed by atoms with van der Waals surface area (Å²) >= 11 is 0. The Morgan fingerprint density at radius 3 is 1.48 bits per heavy atom. The molecule has 5 aromatic carbocycles. The quantitative estimate of drug-likeness (QED) is 0.193.